The zero-order chi connectivity index (χ0) is 24.7. The van der Waals surface area contributed by atoms with Gasteiger partial charge in [0.15, 0.2) is 0 Å². The van der Waals surface area contributed by atoms with Crippen molar-refractivity contribution in [2.75, 3.05) is 13.1 Å². The molecule has 1 aliphatic rings. The first-order chi connectivity index (χ1) is 16.8. The van der Waals surface area contributed by atoms with Gasteiger partial charge in [0, 0.05) is 41.3 Å². The maximum Gasteiger partial charge on any atom is 0.243 e. The minimum Gasteiger partial charge on any atom is -0.340 e. The minimum absolute atomic E-state index is 0.238. The third-order valence-corrected chi connectivity index (χ3v) is 9.68. The van der Waals surface area contributed by atoms with Gasteiger partial charge in [-0.15, -0.1) is 0 Å². The molecule has 3 aromatic carbocycles. The normalized spacial score (nSPS) is 15.7. The lowest BCUT2D eigenvalue weighted by atomic mass is 9.88. The summed E-state index contributed by atoms with van der Waals surface area (Å²) < 4.78 is 44.0. The van der Waals surface area contributed by atoms with Crippen LogP contribution in [0.1, 0.15) is 41.1 Å². The van der Waals surface area contributed by atoms with Crippen LogP contribution in [0.15, 0.2) is 71.6 Å². The topological polar surface area (TPSA) is 42.3 Å². The number of rotatable bonds is 5. The maximum absolute atomic E-state index is 13.4. The molecule has 0 amide bonds. The molecule has 0 N–H and O–H groups in total. The number of sulfonamides is 1. The SMILES string of the molecule is Cc1c(Cl)cccc1S(=O)(=O)N1CCC(c2c(C)n(Cc3ccc(F)cc3)c3ccccc23)CC1. The number of piperidine rings is 1. The second-order valence-electron chi connectivity index (χ2n) is 9.27. The van der Waals surface area contributed by atoms with Gasteiger partial charge in [-0.2, -0.15) is 4.31 Å². The molecule has 0 aliphatic carbocycles. The Labute approximate surface area is 211 Å². The van der Waals surface area contributed by atoms with Crippen molar-refractivity contribution in [3.63, 3.8) is 0 Å². The van der Waals surface area contributed by atoms with E-state index in [9.17, 15) is 12.8 Å². The van der Waals surface area contributed by atoms with Crippen molar-refractivity contribution >= 4 is 32.5 Å². The van der Waals surface area contributed by atoms with Crippen molar-refractivity contribution in [2.24, 2.45) is 0 Å². The molecule has 0 atom stereocenters. The molecule has 182 valence electrons. The maximum atomic E-state index is 13.4. The average molecular weight is 511 g/mol. The van der Waals surface area contributed by atoms with Gasteiger partial charge in [-0.05, 0) is 79.6 Å². The molecule has 2 heterocycles. The van der Waals surface area contributed by atoms with Gasteiger partial charge in [0.1, 0.15) is 5.82 Å². The largest absolute Gasteiger partial charge is 0.340 e. The van der Waals surface area contributed by atoms with Gasteiger partial charge in [-0.1, -0.05) is 48.0 Å². The first kappa shape index (κ1) is 24.0. The number of nitrogens with zero attached hydrogens (tertiary/aromatic N) is 2. The molecule has 35 heavy (non-hydrogen) atoms. The van der Waals surface area contributed by atoms with Gasteiger partial charge in [0.2, 0.25) is 10.0 Å². The minimum atomic E-state index is -3.60. The van der Waals surface area contributed by atoms with Crippen LogP contribution in [0.25, 0.3) is 10.9 Å². The molecule has 7 heteroatoms. The second kappa shape index (κ2) is 9.41. The van der Waals surface area contributed by atoms with Gasteiger partial charge < -0.3 is 4.57 Å². The monoisotopic (exact) mass is 510 g/mol. The molecule has 0 unspecified atom stereocenters. The van der Waals surface area contributed by atoms with E-state index in [0.717, 1.165) is 23.9 Å². The van der Waals surface area contributed by atoms with E-state index in [1.54, 1.807) is 29.4 Å². The number of hydrogen-bond donors (Lipinski definition) is 0. The smallest absolute Gasteiger partial charge is 0.243 e. The van der Waals surface area contributed by atoms with E-state index in [4.69, 9.17) is 11.6 Å². The quantitative estimate of drug-likeness (QED) is 0.301. The fraction of sp³-hybridized carbons (Fsp3) is 0.286. The fourth-order valence-electron chi connectivity index (χ4n) is 5.34. The zero-order valence-corrected chi connectivity index (χ0v) is 21.4. The van der Waals surface area contributed by atoms with Crippen LogP contribution in [-0.4, -0.2) is 30.4 Å². The Morgan fingerprint density at radius 1 is 0.943 bits per heavy atom. The summed E-state index contributed by atoms with van der Waals surface area (Å²) in [5.41, 5.74) is 5.26. The Hall–Kier alpha value is -2.67. The number of halogens is 2. The molecular formula is C28H28ClFN2O2S. The van der Waals surface area contributed by atoms with Gasteiger partial charge in [-0.25, -0.2) is 12.8 Å². The molecule has 0 radical (unpaired) electrons. The molecule has 1 aliphatic heterocycles. The lowest BCUT2D eigenvalue weighted by molar-refractivity contribution is 0.319. The van der Waals surface area contributed by atoms with Crippen molar-refractivity contribution in [1.82, 2.24) is 8.87 Å². The van der Waals surface area contributed by atoms with E-state index >= 15 is 0 Å². The predicted molar refractivity (Wildman–Crippen MR) is 139 cm³/mol. The van der Waals surface area contributed by atoms with Crippen molar-refractivity contribution in [3.05, 3.63) is 100.0 Å². The van der Waals surface area contributed by atoms with Gasteiger partial charge >= 0.3 is 0 Å². The molecule has 4 nitrogen and oxygen atoms in total. The first-order valence-corrected chi connectivity index (χ1v) is 13.7. The summed E-state index contributed by atoms with van der Waals surface area (Å²) in [5, 5.41) is 1.67. The Morgan fingerprint density at radius 3 is 2.34 bits per heavy atom. The fourth-order valence-corrected chi connectivity index (χ4v) is 7.29. The highest BCUT2D eigenvalue weighted by Crippen LogP contribution is 2.39. The van der Waals surface area contributed by atoms with Crippen molar-refractivity contribution in [3.8, 4) is 0 Å². The summed E-state index contributed by atoms with van der Waals surface area (Å²) in [6.07, 6.45) is 1.51. The molecule has 5 rings (SSSR count). The zero-order valence-electron chi connectivity index (χ0n) is 19.8. The van der Waals surface area contributed by atoms with Crippen molar-refractivity contribution in [2.45, 2.75) is 44.0 Å². The number of para-hydroxylation sites is 1. The highest BCUT2D eigenvalue weighted by molar-refractivity contribution is 7.89. The van der Waals surface area contributed by atoms with Crippen molar-refractivity contribution < 1.29 is 12.8 Å². The van der Waals surface area contributed by atoms with Crippen molar-refractivity contribution in [1.29, 1.82) is 0 Å². The summed E-state index contributed by atoms with van der Waals surface area (Å²) in [5.74, 6) is 0.0273. The molecule has 0 bridgehead atoms. The van der Waals surface area contributed by atoms with E-state index in [1.165, 1.54) is 28.8 Å². The van der Waals surface area contributed by atoms with E-state index in [0.29, 0.717) is 30.2 Å². The van der Waals surface area contributed by atoms with Crippen LogP contribution in [0.3, 0.4) is 0 Å². The molecule has 1 fully saturated rings. The predicted octanol–water partition coefficient (Wildman–Crippen LogP) is 6.67. The molecular weight excluding hydrogens is 483 g/mol. The van der Waals surface area contributed by atoms with Gasteiger partial charge in [-0.3, -0.25) is 0 Å². The first-order valence-electron chi connectivity index (χ1n) is 11.8. The van der Waals surface area contributed by atoms with Crippen LogP contribution >= 0.6 is 11.6 Å². The van der Waals surface area contributed by atoms with E-state index in [2.05, 4.69) is 29.7 Å². The number of benzene rings is 3. The Morgan fingerprint density at radius 2 is 1.63 bits per heavy atom. The number of hydrogen-bond acceptors (Lipinski definition) is 2. The van der Waals surface area contributed by atoms with E-state index in [1.807, 2.05) is 18.2 Å². The highest BCUT2D eigenvalue weighted by Gasteiger charge is 2.33. The summed E-state index contributed by atoms with van der Waals surface area (Å²) in [4.78, 5) is 0.288. The highest BCUT2D eigenvalue weighted by atomic mass is 35.5. The summed E-state index contributed by atoms with van der Waals surface area (Å²) in [6.45, 7) is 5.48. The molecule has 1 aromatic heterocycles. The lowest BCUT2D eigenvalue weighted by Gasteiger charge is -2.32. The van der Waals surface area contributed by atoms with Crippen LogP contribution in [0.4, 0.5) is 4.39 Å². The Kier molecular flexibility index (Phi) is 6.47. The summed E-state index contributed by atoms with van der Waals surface area (Å²) in [7, 11) is -3.60. The van der Waals surface area contributed by atoms with Crippen LogP contribution < -0.4 is 0 Å². The molecule has 0 spiro atoms. The van der Waals surface area contributed by atoms with Crippen LogP contribution in [0.2, 0.25) is 5.02 Å². The van der Waals surface area contributed by atoms with Crippen LogP contribution in [0.5, 0.6) is 0 Å². The number of fused-ring (bicyclic) bond motifs is 1. The summed E-state index contributed by atoms with van der Waals surface area (Å²) >= 11 is 6.20. The molecule has 1 saturated heterocycles. The molecule has 4 aromatic rings. The summed E-state index contributed by atoms with van der Waals surface area (Å²) in [6, 6.07) is 20.0. The Bertz CT molecular complexity index is 1490. The third-order valence-electron chi connectivity index (χ3n) is 7.23. The van der Waals surface area contributed by atoms with E-state index < -0.39 is 10.0 Å². The third kappa shape index (κ3) is 4.39. The average Bonchev–Trinajstić information content (AvgIpc) is 3.13. The number of aromatic nitrogens is 1. The standard InChI is InChI=1S/C28H28ClFN2O2S/c1-19-25(29)7-5-9-27(19)35(33,34)31-16-14-22(15-17-31)28-20(2)32(26-8-4-3-6-24(26)28)18-21-10-12-23(30)13-11-21/h3-13,22H,14-18H2,1-2H3. The second-order valence-corrected chi connectivity index (χ2v) is 11.6. The van der Waals surface area contributed by atoms with Crippen LogP contribution in [0, 0.1) is 19.7 Å². The van der Waals surface area contributed by atoms with Gasteiger partial charge in [0.25, 0.3) is 0 Å². The Balaban J connectivity index is 1.43. The molecule has 0 saturated carbocycles. The van der Waals surface area contributed by atoms with Gasteiger partial charge in [0.05, 0.1) is 4.90 Å². The van der Waals surface area contributed by atoms with E-state index in [-0.39, 0.29) is 16.6 Å². The van der Waals surface area contributed by atoms with Crippen LogP contribution in [-0.2, 0) is 16.6 Å². The lowest BCUT2D eigenvalue weighted by Crippen LogP contribution is -2.38.